The Bertz CT molecular complexity index is 1010. The Morgan fingerprint density at radius 1 is 1.28 bits per heavy atom. The van der Waals surface area contributed by atoms with Gasteiger partial charge in [-0.1, -0.05) is 11.6 Å². The second-order valence-electron chi connectivity index (χ2n) is 6.73. The Kier molecular flexibility index (Phi) is 5.93. The standard InChI is InChI=1S/C17H18ClF3N4O3S/c1-29(27,28)24-8-2-3-12(10-24)23-16(26)14-9-22-25(15(14)17(19,20)21)13-6-4-11(18)5-7-13/h4-7,9,12H,2-3,8,10H2,1H3,(H,23,26). The molecule has 1 fully saturated rings. The fourth-order valence-electron chi connectivity index (χ4n) is 3.19. The highest BCUT2D eigenvalue weighted by atomic mass is 35.5. The molecule has 1 N–H and O–H groups in total. The van der Waals surface area contributed by atoms with Gasteiger partial charge in [0.1, 0.15) is 0 Å². The van der Waals surface area contributed by atoms with Crippen LogP contribution in [0, 0.1) is 0 Å². The molecule has 1 atom stereocenters. The summed E-state index contributed by atoms with van der Waals surface area (Å²) < 4.78 is 66.4. The molecule has 0 spiro atoms. The van der Waals surface area contributed by atoms with Crippen LogP contribution in [-0.4, -0.2) is 53.8 Å². The molecule has 0 bridgehead atoms. The Morgan fingerprint density at radius 3 is 2.52 bits per heavy atom. The summed E-state index contributed by atoms with van der Waals surface area (Å²) in [5.74, 6) is -0.960. The normalized spacial score (nSPS) is 18.6. The lowest BCUT2D eigenvalue weighted by Gasteiger charge is -2.31. The monoisotopic (exact) mass is 450 g/mol. The molecule has 29 heavy (non-hydrogen) atoms. The minimum atomic E-state index is -4.84. The zero-order valence-electron chi connectivity index (χ0n) is 15.3. The van der Waals surface area contributed by atoms with Crippen LogP contribution in [0.2, 0.25) is 5.02 Å². The summed E-state index contributed by atoms with van der Waals surface area (Å²) >= 11 is 5.77. The highest BCUT2D eigenvalue weighted by Crippen LogP contribution is 2.34. The molecule has 0 aliphatic carbocycles. The van der Waals surface area contributed by atoms with Gasteiger partial charge in [-0.05, 0) is 37.1 Å². The smallest absolute Gasteiger partial charge is 0.348 e. The minimum absolute atomic E-state index is 0.0112. The molecule has 1 unspecified atom stereocenters. The summed E-state index contributed by atoms with van der Waals surface area (Å²) in [5, 5.41) is 6.59. The van der Waals surface area contributed by atoms with Gasteiger partial charge < -0.3 is 5.32 Å². The number of nitrogens with zero attached hydrogens (tertiary/aromatic N) is 3. The van der Waals surface area contributed by atoms with E-state index in [-0.39, 0.29) is 12.2 Å². The van der Waals surface area contributed by atoms with Crippen LogP contribution in [0.15, 0.2) is 30.5 Å². The number of amides is 1. The molecule has 2 aromatic rings. The lowest BCUT2D eigenvalue weighted by Crippen LogP contribution is -2.49. The van der Waals surface area contributed by atoms with Gasteiger partial charge in [0.15, 0.2) is 5.69 Å². The zero-order chi connectivity index (χ0) is 21.4. The molecular weight excluding hydrogens is 433 g/mol. The molecule has 1 aromatic carbocycles. The average molecular weight is 451 g/mol. The average Bonchev–Trinajstić information content (AvgIpc) is 3.07. The summed E-state index contributed by atoms with van der Waals surface area (Å²) in [6, 6.07) is 4.96. The van der Waals surface area contributed by atoms with Crippen molar-refractivity contribution >= 4 is 27.5 Å². The molecular formula is C17H18ClF3N4O3S. The van der Waals surface area contributed by atoms with Crippen LogP contribution in [0.25, 0.3) is 5.69 Å². The number of hydrogen-bond donors (Lipinski definition) is 1. The summed E-state index contributed by atoms with van der Waals surface area (Å²) in [5.41, 5.74) is -1.75. The number of benzene rings is 1. The van der Waals surface area contributed by atoms with Crippen molar-refractivity contribution in [2.24, 2.45) is 0 Å². The molecule has 7 nitrogen and oxygen atoms in total. The van der Waals surface area contributed by atoms with Gasteiger partial charge in [0.25, 0.3) is 5.91 Å². The number of hydrogen-bond acceptors (Lipinski definition) is 4. The van der Waals surface area contributed by atoms with Crippen molar-refractivity contribution in [1.29, 1.82) is 0 Å². The number of aromatic nitrogens is 2. The molecule has 1 aliphatic rings. The van der Waals surface area contributed by atoms with Crippen LogP contribution in [-0.2, 0) is 16.2 Å². The van der Waals surface area contributed by atoms with Gasteiger partial charge in [0.05, 0.1) is 23.7 Å². The highest BCUT2D eigenvalue weighted by molar-refractivity contribution is 7.88. The molecule has 12 heteroatoms. The first-order valence-corrected chi connectivity index (χ1v) is 10.9. The van der Waals surface area contributed by atoms with Crippen molar-refractivity contribution < 1.29 is 26.4 Å². The van der Waals surface area contributed by atoms with Gasteiger partial charge in [0, 0.05) is 24.2 Å². The SMILES string of the molecule is CS(=O)(=O)N1CCCC(NC(=O)c2cnn(-c3ccc(Cl)cc3)c2C(F)(F)F)C1. The molecule has 3 rings (SSSR count). The maximum absolute atomic E-state index is 13.7. The number of rotatable bonds is 4. The summed E-state index contributed by atoms with van der Waals surface area (Å²) in [6.45, 7) is 0.324. The predicted molar refractivity (Wildman–Crippen MR) is 100 cm³/mol. The molecule has 0 saturated carbocycles. The number of carbonyl (C=O) groups is 1. The fourth-order valence-corrected chi connectivity index (χ4v) is 4.23. The maximum Gasteiger partial charge on any atom is 0.434 e. The maximum atomic E-state index is 13.7. The fraction of sp³-hybridized carbons (Fsp3) is 0.412. The molecule has 158 valence electrons. The van der Waals surface area contributed by atoms with Gasteiger partial charge in [-0.25, -0.2) is 17.4 Å². The third kappa shape index (κ3) is 4.90. The lowest BCUT2D eigenvalue weighted by molar-refractivity contribution is -0.143. The Labute approximate surface area is 170 Å². The van der Waals surface area contributed by atoms with E-state index >= 15 is 0 Å². The number of halogens is 4. The van der Waals surface area contributed by atoms with E-state index in [9.17, 15) is 26.4 Å². The number of piperidine rings is 1. The molecule has 1 saturated heterocycles. The van der Waals surface area contributed by atoms with Crippen molar-refractivity contribution in [3.05, 3.63) is 46.7 Å². The Hall–Kier alpha value is -2.11. The van der Waals surface area contributed by atoms with Gasteiger partial charge in [-0.3, -0.25) is 4.79 Å². The minimum Gasteiger partial charge on any atom is -0.348 e. The van der Waals surface area contributed by atoms with Crippen LogP contribution in [0.4, 0.5) is 13.2 Å². The van der Waals surface area contributed by atoms with Gasteiger partial charge in [-0.2, -0.15) is 18.3 Å². The van der Waals surface area contributed by atoms with Gasteiger partial charge in [0.2, 0.25) is 10.0 Å². The molecule has 2 heterocycles. The first-order chi connectivity index (χ1) is 13.5. The summed E-state index contributed by atoms with van der Waals surface area (Å²) in [7, 11) is -3.45. The van der Waals surface area contributed by atoms with Crippen molar-refractivity contribution in [3.63, 3.8) is 0 Å². The molecule has 1 aliphatic heterocycles. The van der Waals surface area contributed by atoms with Gasteiger partial charge in [-0.15, -0.1) is 0 Å². The van der Waals surface area contributed by atoms with Crippen molar-refractivity contribution in [1.82, 2.24) is 19.4 Å². The number of carbonyl (C=O) groups excluding carboxylic acids is 1. The third-order valence-electron chi connectivity index (χ3n) is 4.54. The Balaban J connectivity index is 1.88. The third-order valence-corrected chi connectivity index (χ3v) is 6.06. The van der Waals surface area contributed by atoms with E-state index in [0.717, 1.165) is 12.5 Å². The topological polar surface area (TPSA) is 84.3 Å². The van der Waals surface area contributed by atoms with E-state index in [4.69, 9.17) is 11.6 Å². The van der Waals surface area contributed by atoms with E-state index in [1.165, 1.54) is 28.6 Å². The van der Waals surface area contributed by atoms with E-state index in [1.807, 2.05) is 0 Å². The zero-order valence-corrected chi connectivity index (χ0v) is 16.9. The second-order valence-corrected chi connectivity index (χ2v) is 9.15. The lowest BCUT2D eigenvalue weighted by atomic mass is 10.1. The van der Waals surface area contributed by atoms with Crippen molar-refractivity contribution in [2.45, 2.75) is 25.1 Å². The van der Waals surface area contributed by atoms with Gasteiger partial charge >= 0.3 is 6.18 Å². The van der Waals surface area contributed by atoms with E-state index in [2.05, 4.69) is 10.4 Å². The van der Waals surface area contributed by atoms with Crippen molar-refractivity contribution in [3.8, 4) is 5.69 Å². The largest absolute Gasteiger partial charge is 0.434 e. The molecule has 1 aromatic heterocycles. The van der Waals surface area contributed by atoms with Crippen molar-refractivity contribution in [2.75, 3.05) is 19.3 Å². The van der Waals surface area contributed by atoms with Crippen LogP contribution in [0.3, 0.4) is 0 Å². The Morgan fingerprint density at radius 2 is 1.93 bits per heavy atom. The number of sulfonamides is 1. The van der Waals surface area contributed by atoms with E-state index in [0.29, 0.717) is 29.1 Å². The molecule has 0 radical (unpaired) electrons. The first kappa shape index (κ1) is 21.6. The van der Waals surface area contributed by atoms with E-state index in [1.54, 1.807) is 0 Å². The predicted octanol–water partition coefficient (Wildman–Crippen LogP) is 2.70. The highest BCUT2D eigenvalue weighted by Gasteiger charge is 2.41. The summed E-state index contributed by atoms with van der Waals surface area (Å²) in [4.78, 5) is 12.6. The molecule has 1 amide bonds. The van der Waals surface area contributed by atoms with E-state index < -0.39 is 39.4 Å². The second kappa shape index (κ2) is 7.96. The van der Waals surface area contributed by atoms with Crippen LogP contribution < -0.4 is 5.32 Å². The van der Waals surface area contributed by atoms with Crippen LogP contribution in [0.5, 0.6) is 0 Å². The summed E-state index contributed by atoms with van der Waals surface area (Å²) in [6.07, 6.45) is -1.98. The first-order valence-electron chi connectivity index (χ1n) is 8.64. The number of nitrogens with one attached hydrogen (secondary N) is 1. The quantitative estimate of drug-likeness (QED) is 0.776. The number of alkyl halides is 3. The van der Waals surface area contributed by atoms with Crippen LogP contribution in [0.1, 0.15) is 28.9 Å². The van der Waals surface area contributed by atoms with Crippen LogP contribution >= 0.6 is 11.6 Å².